The van der Waals surface area contributed by atoms with Crippen molar-refractivity contribution in [3.8, 4) is 0 Å². The number of piperazine rings is 1. The summed E-state index contributed by atoms with van der Waals surface area (Å²) in [7, 11) is -2.88. The van der Waals surface area contributed by atoms with Gasteiger partial charge in [0.25, 0.3) is 0 Å². The van der Waals surface area contributed by atoms with Crippen molar-refractivity contribution >= 4 is 27.3 Å². The Kier molecular flexibility index (Phi) is 5.73. The van der Waals surface area contributed by atoms with Crippen LogP contribution in [0.1, 0.15) is 44.1 Å². The zero-order valence-corrected chi connectivity index (χ0v) is 17.8. The Morgan fingerprint density at radius 1 is 1.07 bits per heavy atom. The third kappa shape index (κ3) is 3.96. The Morgan fingerprint density at radius 2 is 1.79 bits per heavy atom. The standard InChI is InChI=1S/C21H29ClN2O3S/c22-18-6-4-5-17(15-18)21(8-2-1-3-9-21)20(25)24-12-10-23(11-13-24)19-7-14-28(26,27)16-19/h4-6,15,19H,1-3,7-14,16H2. The highest BCUT2D eigenvalue weighted by Gasteiger charge is 2.44. The van der Waals surface area contributed by atoms with Gasteiger partial charge in [-0.15, -0.1) is 0 Å². The third-order valence-corrected chi connectivity index (χ3v) is 8.81. The number of hydrogen-bond donors (Lipinski definition) is 0. The van der Waals surface area contributed by atoms with Crippen molar-refractivity contribution in [2.24, 2.45) is 0 Å². The van der Waals surface area contributed by atoms with Crippen LogP contribution < -0.4 is 0 Å². The summed E-state index contributed by atoms with van der Waals surface area (Å²) in [5.74, 6) is 0.801. The Labute approximate surface area is 172 Å². The minimum absolute atomic E-state index is 0.124. The van der Waals surface area contributed by atoms with Gasteiger partial charge in [0.05, 0.1) is 16.9 Å². The second kappa shape index (κ2) is 7.96. The van der Waals surface area contributed by atoms with Gasteiger partial charge in [-0.1, -0.05) is 43.0 Å². The number of hydrogen-bond acceptors (Lipinski definition) is 4. The lowest BCUT2D eigenvalue weighted by molar-refractivity contribution is -0.141. The minimum atomic E-state index is -2.88. The molecule has 0 bridgehead atoms. The maximum atomic E-state index is 13.7. The second-order valence-corrected chi connectivity index (χ2v) is 11.2. The lowest BCUT2D eigenvalue weighted by Gasteiger charge is -2.44. The van der Waals surface area contributed by atoms with E-state index in [1.807, 2.05) is 23.1 Å². The molecule has 2 aliphatic heterocycles. The fraction of sp³-hybridized carbons (Fsp3) is 0.667. The first-order chi connectivity index (χ1) is 13.4. The lowest BCUT2D eigenvalue weighted by atomic mass is 9.68. The quantitative estimate of drug-likeness (QED) is 0.748. The van der Waals surface area contributed by atoms with Crippen LogP contribution in [0.25, 0.3) is 0 Å². The molecule has 5 nitrogen and oxygen atoms in total. The van der Waals surface area contributed by atoms with Crippen molar-refractivity contribution in [2.75, 3.05) is 37.7 Å². The fourth-order valence-corrected chi connectivity index (χ4v) is 7.18. The normalized spacial score (nSPS) is 27.6. The minimum Gasteiger partial charge on any atom is -0.339 e. The number of rotatable bonds is 3. The molecule has 1 amide bonds. The fourth-order valence-electron chi connectivity index (χ4n) is 5.22. The summed E-state index contributed by atoms with van der Waals surface area (Å²) >= 11 is 6.25. The van der Waals surface area contributed by atoms with Crippen LogP contribution in [0, 0.1) is 0 Å². The van der Waals surface area contributed by atoms with Crippen molar-refractivity contribution in [1.82, 2.24) is 9.80 Å². The molecule has 1 aromatic carbocycles. The highest BCUT2D eigenvalue weighted by molar-refractivity contribution is 7.91. The van der Waals surface area contributed by atoms with Gasteiger partial charge in [-0.05, 0) is 37.0 Å². The number of benzene rings is 1. The molecule has 1 atom stereocenters. The summed E-state index contributed by atoms with van der Waals surface area (Å²) in [4.78, 5) is 18.0. The van der Waals surface area contributed by atoms with E-state index >= 15 is 0 Å². The summed E-state index contributed by atoms with van der Waals surface area (Å²) in [6, 6.07) is 7.94. The summed E-state index contributed by atoms with van der Waals surface area (Å²) in [6.07, 6.45) is 5.80. The number of nitrogens with zero attached hydrogens (tertiary/aromatic N) is 2. The van der Waals surface area contributed by atoms with Crippen molar-refractivity contribution in [2.45, 2.75) is 50.0 Å². The second-order valence-electron chi connectivity index (χ2n) is 8.54. The maximum Gasteiger partial charge on any atom is 0.233 e. The average Bonchev–Trinajstić information content (AvgIpc) is 3.08. The van der Waals surface area contributed by atoms with E-state index in [4.69, 9.17) is 11.6 Å². The number of sulfone groups is 1. The predicted octanol–water partition coefficient (Wildman–Crippen LogP) is 2.87. The van der Waals surface area contributed by atoms with E-state index in [1.54, 1.807) is 0 Å². The Bertz CT molecular complexity index is 828. The van der Waals surface area contributed by atoms with Crippen molar-refractivity contribution < 1.29 is 13.2 Å². The molecule has 154 valence electrons. The molecule has 7 heteroatoms. The van der Waals surface area contributed by atoms with Gasteiger partial charge >= 0.3 is 0 Å². The first-order valence-corrected chi connectivity index (χ1v) is 12.6. The third-order valence-electron chi connectivity index (χ3n) is 6.82. The van der Waals surface area contributed by atoms with Crippen LogP contribution in [-0.2, 0) is 20.0 Å². The highest BCUT2D eigenvalue weighted by atomic mass is 35.5. The molecule has 1 aromatic rings. The van der Waals surface area contributed by atoms with Gasteiger partial charge in [-0.2, -0.15) is 0 Å². The van der Waals surface area contributed by atoms with Crippen LogP contribution in [0.5, 0.6) is 0 Å². The molecule has 4 rings (SSSR count). The summed E-state index contributed by atoms with van der Waals surface area (Å²) < 4.78 is 23.6. The average molecular weight is 425 g/mol. The predicted molar refractivity (Wildman–Crippen MR) is 111 cm³/mol. The number of carbonyl (C=O) groups is 1. The molecule has 1 aliphatic carbocycles. The van der Waals surface area contributed by atoms with Gasteiger partial charge in [-0.25, -0.2) is 8.42 Å². The number of amides is 1. The van der Waals surface area contributed by atoms with Gasteiger partial charge in [0.1, 0.15) is 0 Å². The van der Waals surface area contributed by atoms with Crippen LogP contribution >= 0.6 is 11.6 Å². The number of carbonyl (C=O) groups excluding carboxylic acids is 1. The van der Waals surface area contributed by atoms with Crippen molar-refractivity contribution in [1.29, 1.82) is 0 Å². The highest BCUT2D eigenvalue weighted by Crippen LogP contribution is 2.42. The SMILES string of the molecule is O=C(N1CCN(C2CCS(=O)(=O)C2)CC1)C1(c2cccc(Cl)c2)CCCCC1. The molecule has 3 aliphatic rings. The summed E-state index contributed by atoms with van der Waals surface area (Å²) in [5, 5.41) is 0.683. The topological polar surface area (TPSA) is 57.7 Å². The monoisotopic (exact) mass is 424 g/mol. The van der Waals surface area contributed by atoms with Crippen LogP contribution in [0.4, 0.5) is 0 Å². The molecule has 28 heavy (non-hydrogen) atoms. The van der Waals surface area contributed by atoms with E-state index in [0.717, 1.165) is 50.8 Å². The van der Waals surface area contributed by atoms with Crippen LogP contribution in [0.2, 0.25) is 5.02 Å². The van der Waals surface area contributed by atoms with Gasteiger partial charge in [0.15, 0.2) is 9.84 Å². The van der Waals surface area contributed by atoms with Crippen LogP contribution in [0.15, 0.2) is 24.3 Å². The lowest BCUT2D eigenvalue weighted by Crippen LogP contribution is -2.56. The first-order valence-electron chi connectivity index (χ1n) is 10.4. The molecular formula is C21H29ClN2O3S. The van der Waals surface area contributed by atoms with E-state index in [1.165, 1.54) is 6.42 Å². The molecule has 0 aromatic heterocycles. The van der Waals surface area contributed by atoms with Gasteiger partial charge in [0.2, 0.25) is 5.91 Å². The summed E-state index contributed by atoms with van der Waals surface area (Å²) in [6.45, 7) is 2.88. The molecule has 0 radical (unpaired) electrons. The van der Waals surface area contributed by atoms with Crippen molar-refractivity contribution in [3.63, 3.8) is 0 Å². The zero-order valence-electron chi connectivity index (χ0n) is 16.3. The molecule has 1 unspecified atom stereocenters. The molecule has 2 heterocycles. The van der Waals surface area contributed by atoms with E-state index in [0.29, 0.717) is 23.9 Å². The molecular weight excluding hydrogens is 396 g/mol. The van der Waals surface area contributed by atoms with Gasteiger partial charge in [0, 0.05) is 37.2 Å². The van der Waals surface area contributed by atoms with Gasteiger partial charge < -0.3 is 4.90 Å². The van der Waals surface area contributed by atoms with Crippen LogP contribution in [0.3, 0.4) is 0 Å². The molecule has 1 saturated carbocycles. The van der Waals surface area contributed by atoms with E-state index in [9.17, 15) is 13.2 Å². The first kappa shape index (κ1) is 20.2. The Morgan fingerprint density at radius 3 is 2.39 bits per heavy atom. The zero-order chi connectivity index (χ0) is 19.8. The Hall–Kier alpha value is -1.11. The largest absolute Gasteiger partial charge is 0.339 e. The van der Waals surface area contributed by atoms with E-state index in [2.05, 4.69) is 11.0 Å². The maximum absolute atomic E-state index is 13.7. The molecule has 3 fully saturated rings. The van der Waals surface area contributed by atoms with Crippen molar-refractivity contribution in [3.05, 3.63) is 34.9 Å². The Balaban J connectivity index is 1.48. The summed E-state index contributed by atoms with van der Waals surface area (Å²) in [5.41, 5.74) is 0.594. The number of halogens is 1. The van der Waals surface area contributed by atoms with E-state index < -0.39 is 15.3 Å². The van der Waals surface area contributed by atoms with Gasteiger partial charge in [-0.3, -0.25) is 9.69 Å². The molecule has 2 saturated heterocycles. The smallest absolute Gasteiger partial charge is 0.233 e. The van der Waals surface area contributed by atoms with Crippen LogP contribution in [-0.4, -0.2) is 67.9 Å². The molecule has 0 spiro atoms. The molecule has 0 N–H and O–H groups in total. The van der Waals surface area contributed by atoms with E-state index in [-0.39, 0.29) is 17.7 Å².